The number of hydrogen-bond donors (Lipinski definition) is 2. The first kappa shape index (κ1) is 18.4. The third kappa shape index (κ3) is 7.82. The highest BCUT2D eigenvalue weighted by atomic mass is 35.5. The maximum Gasteiger partial charge on any atom is 0.390 e. The number of aliphatic hydroxyl groups excluding tert-OH is 2. The molecule has 0 aromatic carbocycles. The van der Waals surface area contributed by atoms with Crippen molar-refractivity contribution in [1.82, 2.24) is 9.88 Å². The van der Waals surface area contributed by atoms with E-state index < -0.39 is 25.3 Å². The zero-order valence-electron chi connectivity index (χ0n) is 10.9. The molecule has 0 aliphatic heterocycles. The standard InChI is InChI=1S/C12H15Cl2F3N2O2/c13-10-3-8(4-11(14)18-10)5-19(6-9(21)7-20)2-1-12(15,16)17/h3-4,9,20-21H,1-2,5-7H2/t9-/m0/s1. The molecule has 1 heterocycles. The highest BCUT2D eigenvalue weighted by Gasteiger charge is 2.28. The lowest BCUT2D eigenvalue weighted by Crippen LogP contribution is -2.36. The largest absolute Gasteiger partial charge is 0.394 e. The number of aromatic nitrogens is 1. The third-order valence-electron chi connectivity index (χ3n) is 2.62. The highest BCUT2D eigenvalue weighted by molar-refractivity contribution is 6.32. The maximum atomic E-state index is 12.3. The van der Waals surface area contributed by atoms with Gasteiger partial charge in [0.1, 0.15) is 10.3 Å². The Kier molecular flexibility index (Phi) is 7.15. The molecule has 120 valence electrons. The van der Waals surface area contributed by atoms with E-state index in [1.807, 2.05) is 0 Å². The van der Waals surface area contributed by atoms with Gasteiger partial charge in [0, 0.05) is 19.6 Å². The number of nitrogens with zero attached hydrogens (tertiary/aromatic N) is 2. The number of rotatable bonds is 7. The molecule has 0 aliphatic carbocycles. The quantitative estimate of drug-likeness (QED) is 0.745. The molecule has 1 rings (SSSR count). The Hall–Kier alpha value is -0.600. The molecule has 0 saturated heterocycles. The average Bonchev–Trinajstić information content (AvgIpc) is 2.33. The summed E-state index contributed by atoms with van der Waals surface area (Å²) in [6.07, 6.45) is -6.43. The first-order valence-corrected chi connectivity index (χ1v) is 6.85. The summed E-state index contributed by atoms with van der Waals surface area (Å²) in [6.45, 7) is -0.822. The smallest absolute Gasteiger partial charge is 0.390 e. The first-order valence-electron chi connectivity index (χ1n) is 6.09. The lowest BCUT2D eigenvalue weighted by molar-refractivity contribution is -0.139. The molecule has 0 unspecified atom stereocenters. The molecule has 1 aromatic heterocycles. The minimum Gasteiger partial charge on any atom is -0.394 e. The Morgan fingerprint density at radius 1 is 1.24 bits per heavy atom. The van der Waals surface area contributed by atoms with Crippen LogP contribution in [0.3, 0.4) is 0 Å². The summed E-state index contributed by atoms with van der Waals surface area (Å²) in [6, 6.07) is 2.97. The van der Waals surface area contributed by atoms with Crippen molar-refractivity contribution in [2.75, 3.05) is 19.7 Å². The van der Waals surface area contributed by atoms with Crippen LogP contribution < -0.4 is 0 Å². The molecule has 0 saturated carbocycles. The Bertz CT molecular complexity index is 440. The first-order chi connectivity index (χ1) is 9.69. The number of hydrogen-bond acceptors (Lipinski definition) is 4. The van der Waals surface area contributed by atoms with Crippen molar-refractivity contribution in [1.29, 1.82) is 0 Å². The van der Waals surface area contributed by atoms with E-state index in [1.54, 1.807) is 0 Å². The molecule has 1 aromatic rings. The predicted octanol–water partition coefficient (Wildman–Crippen LogP) is 2.50. The number of pyridine rings is 1. The fraction of sp³-hybridized carbons (Fsp3) is 0.583. The van der Waals surface area contributed by atoms with Crippen LogP contribution in [0.15, 0.2) is 12.1 Å². The number of alkyl halides is 3. The van der Waals surface area contributed by atoms with Crippen LogP contribution in [-0.4, -0.2) is 52.1 Å². The Balaban J connectivity index is 2.75. The second-order valence-electron chi connectivity index (χ2n) is 4.56. The van der Waals surface area contributed by atoms with Gasteiger partial charge < -0.3 is 10.2 Å². The van der Waals surface area contributed by atoms with Crippen LogP contribution in [0.4, 0.5) is 13.2 Å². The van der Waals surface area contributed by atoms with Crippen LogP contribution in [-0.2, 0) is 6.54 Å². The highest BCUT2D eigenvalue weighted by Crippen LogP contribution is 2.21. The fourth-order valence-electron chi connectivity index (χ4n) is 1.74. The topological polar surface area (TPSA) is 56.6 Å². The van der Waals surface area contributed by atoms with Gasteiger partial charge in [-0.25, -0.2) is 4.98 Å². The summed E-state index contributed by atoms with van der Waals surface area (Å²) in [7, 11) is 0. The minimum absolute atomic E-state index is 0.0931. The van der Waals surface area contributed by atoms with Crippen molar-refractivity contribution in [2.24, 2.45) is 0 Å². The van der Waals surface area contributed by atoms with Gasteiger partial charge in [0.2, 0.25) is 0 Å². The van der Waals surface area contributed by atoms with Crippen LogP contribution in [0.5, 0.6) is 0 Å². The zero-order chi connectivity index (χ0) is 16.0. The molecule has 0 amide bonds. The van der Waals surface area contributed by atoms with E-state index in [2.05, 4.69) is 4.98 Å². The van der Waals surface area contributed by atoms with Gasteiger partial charge in [0.25, 0.3) is 0 Å². The fourth-order valence-corrected chi connectivity index (χ4v) is 2.24. The molecular weight excluding hydrogens is 332 g/mol. The van der Waals surface area contributed by atoms with E-state index >= 15 is 0 Å². The van der Waals surface area contributed by atoms with Crippen molar-refractivity contribution in [2.45, 2.75) is 25.2 Å². The number of halogens is 5. The predicted molar refractivity (Wildman–Crippen MR) is 73.3 cm³/mol. The van der Waals surface area contributed by atoms with Crippen molar-refractivity contribution in [3.63, 3.8) is 0 Å². The normalized spacial score (nSPS) is 13.7. The zero-order valence-corrected chi connectivity index (χ0v) is 12.5. The van der Waals surface area contributed by atoms with Gasteiger partial charge in [-0.3, -0.25) is 4.90 Å². The lowest BCUT2D eigenvalue weighted by atomic mass is 10.2. The van der Waals surface area contributed by atoms with Crippen molar-refractivity contribution in [3.05, 3.63) is 28.0 Å². The molecule has 4 nitrogen and oxygen atoms in total. The Morgan fingerprint density at radius 3 is 2.29 bits per heavy atom. The minimum atomic E-state index is -4.30. The van der Waals surface area contributed by atoms with Gasteiger partial charge in [-0.2, -0.15) is 13.2 Å². The van der Waals surface area contributed by atoms with Crippen molar-refractivity contribution in [3.8, 4) is 0 Å². The Morgan fingerprint density at radius 2 is 1.81 bits per heavy atom. The van der Waals surface area contributed by atoms with Gasteiger partial charge >= 0.3 is 6.18 Å². The van der Waals surface area contributed by atoms with E-state index in [-0.39, 0.29) is 29.9 Å². The molecule has 21 heavy (non-hydrogen) atoms. The second kappa shape index (κ2) is 8.14. The van der Waals surface area contributed by atoms with Crippen LogP contribution in [0, 0.1) is 0 Å². The van der Waals surface area contributed by atoms with E-state index in [0.29, 0.717) is 5.56 Å². The van der Waals surface area contributed by atoms with Crippen molar-refractivity contribution >= 4 is 23.2 Å². The van der Waals surface area contributed by atoms with Crippen molar-refractivity contribution < 1.29 is 23.4 Å². The molecule has 9 heteroatoms. The van der Waals surface area contributed by atoms with Crippen LogP contribution in [0.25, 0.3) is 0 Å². The van der Waals surface area contributed by atoms with Crippen LogP contribution in [0.2, 0.25) is 10.3 Å². The van der Waals surface area contributed by atoms with E-state index in [9.17, 15) is 18.3 Å². The summed E-state index contributed by atoms with van der Waals surface area (Å²) in [4.78, 5) is 5.12. The van der Waals surface area contributed by atoms with E-state index in [1.165, 1.54) is 17.0 Å². The molecule has 1 atom stereocenters. The van der Waals surface area contributed by atoms with Gasteiger partial charge in [0.05, 0.1) is 19.1 Å². The molecule has 0 radical (unpaired) electrons. The molecule has 0 bridgehead atoms. The molecule has 0 aliphatic rings. The van der Waals surface area contributed by atoms with E-state index in [0.717, 1.165) is 0 Å². The van der Waals surface area contributed by atoms with Gasteiger partial charge in [-0.1, -0.05) is 23.2 Å². The summed E-state index contributed by atoms with van der Waals surface area (Å²) >= 11 is 11.5. The van der Waals surface area contributed by atoms with Crippen LogP contribution in [0.1, 0.15) is 12.0 Å². The summed E-state index contributed by atoms with van der Waals surface area (Å²) < 4.78 is 36.9. The summed E-state index contributed by atoms with van der Waals surface area (Å²) in [5.41, 5.74) is 0.576. The molecule has 0 fully saturated rings. The van der Waals surface area contributed by atoms with E-state index in [4.69, 9.17) is 28.3 Å². The maximum absolute atomic E-state index is 12.3. The third-order valence-corrected chi connectivity index (χ3v) is 3.01. The number of aliphatic hydroxyl groups is 2. The lowest BCUT2D eigenvalue weighted by Gasteiger charge is -2.25. The van der Waals surface area contributed by atoms with Gasteiger partial charge in [0.15, 0.2) is 0 Å². The SMILES string of the molecule is OC[C@@H](O)CN(CCC(F)(F)F)Cc1cc(Cl)nc(Cl)c1. The monoisotopic (exact) mass is 346 g/mol. The molecule has 0 spiro atoms. The van der Waals surface area contributed by atoms with Crippen LogP contribution >= 0.6 is 23.2 Å². The summed E-state index contributed by atoms with van der Waals surface area (Å²) in [5, 5.41) is 18.5. The van der Waals surface area contributed by atoms with Gasteiger partial charge in [-0.15, -0.1) is 0 Å². The molecular formula is C12H15Cl2F3N2O2. The average molecular weight is 347 g/mol. The molecule has 2 N–H and O–H groups in total. The Labute approximate surface area is 130 Å². The summed E-state index contributed by atoms with van der Waals surface area (Å²) in [5.74, 6) is 0. The second-order valence-corrected chi connectivity index (χ2v) is 5.33. The van der Waals surface area contributed by atoms with Gasteiger partial charge in [-0.05, 0) is 17.7 Å².